The summed E-state index contributed by atoms with van der Waals surface area (Å²) in [6, 6.07) is 0. The fraction of sp³-hybridized carbons (Fsp3) is 0.692. The summed E-state index contributed by atoms with van der Waals surface area (Å²) < 4.78 is 0. The molecule has 0 amide bonds. The standard InChI is InChI=1S/C13H24N4O2/c1-5-13(6-18,7-19)17-12-9(4)10(14)15-11(16-12)8(2)3/h8,18-19H,5-7H2,1-4H3,(H3,14,15,16,17). The van der Waals surface area contributed by atoms with Crippen LogP contribution in [0.3, 0.4) is 0 Å². The van der Waals surface area contributed by atoms with E-state index >= 15 is 0 Å². The Morgan fingerprint density at radius 2 is 1.84 bits per heavy atom. The molecule has 6 nitrogen and oxygen atoms in total. The van der Waals surface area contributed by atoms with E-state index in [2.05, 4.69) is 15.3 Å². The van der Waals surface area contributed by atoms with E-state index in [9.17, 15) is 10.2 Å². The van der Waals surface area contributed by atoms with E-state index < -0.39 is 5.54 Å². The van der Waals surface area contributed by atoms with E-state index in [1.54, 1.807) is 0 Å². The minimum Gasteiger partial charge on any atom is -0.394 e. The van der Waals surface area contributed by atoms with Gasteiger partial charge in [0.2, 0.25) is 0 Å². The highest BCUT2D eigenvalue weighted by Crippen LogP contribution is 2.24. The monoisotopic (exact) mass is 268 g/mol. The first kappa shape index (κ1) is 15.7. The van der Waals surface area contributed by atoms with Gasteiger partial charge in [-0.3, -0.25) is 0 Å². The number of rotatable bonds is 6. The van der Waals surface area contributed by atoms with Gasteiger partial charge >= 0.3 is 0 Å². The summed E-state index contributed by atoms with van der Waals surface area (Å²) >= 11 is 0. The second-order valence-electron chi connectivity index (χ2n) is 5.17. The van der Waals surface area contributed by atoms with Gasteiger partial charge in [-0.05, 0) is 13.3 Å². The maximum atomic E-state index is 9.48. The third kappa shape index (κ3) is 3.33. The molecule has 0 aliphatic heterocycles. The van der Waals surface area contributed by atoms with Gasteiger partial charge in [0.05, 0.1) is 18.8 Å². The van der Waals surface area contributed by atoms with E-state index in [0.717, 1.165) is 5.56 Å². The molecule has 0 unspecified atom stereocenters. The molecule has 5 N–H and O–H groups in total. The van der Waals surface area contributed by atoms with Crippen LogP contribution in [-0.2, 0) is 0 Å². The van der Waals surface area contributed by atoms with Crippen LogP contribution in [0, 0.1) is 6.92 Å². The molecule has 0 aliphatic carbocycles. The molecule has 0 saturated heterocycles. The first-order valence-corrected chi connectivity index (χ1v) is 6.53. The zero-order valence-electron chi connectivity index (χ0n) is 12.1. The fourth-order valence-electron chi connectivity index (χ4n) is 1.62. The number of nitrogens with two attached hydrogens (primary N) is 1. The maximum Gasteiger partial charge on any atom is 0.135 e. The number of hydrogen-bond donors (Lipinski definition) is 4. The number of nitrogens with one attached hydrogen (secondary N) is 1. The highest BCUT2D eigenvalue weighted by molar-refractivity contribution is 5.56. The molecule has 1 heterocycles. The molecular weight excluding hydrogens is 244 g/mol. The van der Waals surface area contributed by atoms with Crippen molar-refractivity contribution in [3.63, 3.8) is 0 Å². The summed E-state index contributed by atoms with van der Waals surface area (Å²) in [6.45, 7) is 7.32. The molecule has 0 atom stereocenters. The largest absolute Gasteiger partial charge is 0.394 e. The van der Waals surface area contributed by atoms with Gasteiger partial charge in [0.15, 0.2) is 0 Å². The van der Waals surface area contributed by atoms with E-state index in [1.807, 2.05) is 27.7 Å². The zero-order chi connectivity index (χ0) is 14.6. The first-order chi connectivity index (χ1) is 8.89. The lowest BCUT2D eigenvalue weighted by Crippen LogP contribution is -2.45. The molecule has 108 valence electrons. The third-order valence-corrected chi connectivity index (χ3v) is 3.38. The molecule has 0 aliphatic rings. The molecule has 1 rings (SSSR count). The molecule has 6 heteroatoms. The molecule has 0 bridgehead atoms. The van der Waals surface area contributed by atoms with Gasteiger partial charge < -0.3 is 21.3 Å². The van der Waals surface area contributed by atoms with Crippen molar-refractivity contribution in [3.05, 3.63) is 11.4 Å². The summed E-state index contributed by atoms with van der Waals surface area (Å²) in [7, 11) is 0. The number of hydrogen-bond acceptors (Lipinski definition) is 6. The summed E-state index contributed by atoms with van der Waals surface area (Å²) in [6.07, 6.45) is 0.570. The Morgan fingerprint density at radius 3 is 2.26 bits per heavy atom. The van der Waals surface area contributed by atoms with Gasteiger partial charge in [0.25, 0.3) is 0 Å². The van der Waals surface area contributed by atoms with E-state index in [0.29, 0.717) is 23.9 Å². The quantitative estimate of drug-likeness (QED) is 0.614. The van der Waals surface area contributed by atoms with Crippen LogP contribution in [0.1, 0.15) is 44.5 Å². The van der Waals surface area contributed by atoms with E-state index in [4.69, 9.17) is 5.73 Å². The Hall–Kier alpha value is -1.40. The zero-order valence-corrected chi connectivity index (χ0v) is 12.1. The Balaban J connectivity index is 3.19. The van der Waals surface area contributed by atoms with Crippen LogP contribution >= 0.6 is 0 Å². The predicted molar refractivity (Wildman–Crippen MR) is 76.1 cm³/mol. The minimum atomic E-state index is -0.792. The number of anilines is 2. The number of aliphatic hydroxyl groups is 2. The number of nitrogen functional groups attached to an aromatic ring is 1. The van der Waals surface area contributed by atoms with Gasteiger partial charge in [-0.2, -0.15) is 0 Å². The van der Waals surface area contributed by atoms with Gasteiger partial charge in [0.1, 0.15) is 17.5 Å². The Morgan fingerprint density at radius 1 is 1.26 bits per heavy atom. The summed E-state index contributed by atoms with van der Waals surface area (Å²) in [5.41, 5.74) is 5.82. The van der Waals surface area contributed by atoms with Crippen LogP contribution in [-0.4, -0.2) is 38.9 Å². The van der Waals surface area contributed by atoms with Crippen molar-refractivity contribution >= 4 is 11.6 Å². The van der Waals surface area contributed by atoms with Crippen LogP contribution in [0.2, 0.25) is 0 Å². The lowest BCUT2D eigenvalue weighted by Gasteiger charge is -2.31. The lowest BCUT2D eigenvalue weighted by molar-refractivity contribution is 0.132. The molecule has 0 saturated carbocycles. The first-order valence-electron chi connectivity index (χ1n) is 6.53. The van der Waals surface area contributed by atoms with Gasteiger partial charge in [-0.25, -0.2) is 9.97 Å². The predicted octanol–water partition coefficient (Wildman–Crippen LogP) is 1.04. The highest BCUT2D eigenvalue weighted by atomic mass is 16.3. The van der Waals surface area contributed by atoms with Crippen LogP contribution < -0.4 is 11.1 Å². The summed E-state index contributed by atoms with van der Waals surface area (Å²) in [5, 5.41) is 22.1. The van der Waals surface area contributed by atoms with Crippen molar-refractivity contribution in [1.82, 2.24) is 9.97 Å². The SMILES string of the molecule is CCC(CO)(CO)Nc1nc(C(C)C)nc(N)c1C. The van der Waals surface area contributed by atoms with Crippen molar-refractivity contribution < 1.29 is 10.2 Å². The molecule has 0 aromatic carbocycles. The molecule has 1 aromatic rings. The topological polar surface area (TPSA) is 104 Å². The average molecular weight is 268 g/mol. The Labute approximate surface area is 114 Å². The molecule has 0 spiro atoms. The van der Waals surface area contributed by atoms with Crippen molar-refractivity contribution in [1.29, 1.82) is 0 Å². The third-order valence-electron chi connectivity index (χ3n) is 3.38. The van der Waals surface area contributed by atoms with Crippen LogP contribution in [0.5, 0.6) is 0 Å². The molecular formula is C13H24N4O2. The Bertz CT molecular complexity index is 423. The van der Waals surface area contributed by atoms with Crippen molar-refractivity contribution in [2.24, 2.45) is 0 Å². The van der Waals surface area contributed by atoms with Gasteiger partial charge in [-0.15, -0.1) is 0 Å². The van der Waals surface area contributed by atoms with Crippen LogP contribution in [0.15, 0.2) is 0 Å². The van der Waals surface area contributed by atoms with Crippen molar-refractivity contribution in [3.8, 4) is 0 Å². The van der Waals surface area contributed by atoms with Crippen molar-refractivity contribution in [2.45, 2.75) is 45.6 Å². The van der Waals surface area contributed by atoms with E-state index in [-0.39, 0.29) is 19.1 Å². The number of aliphatic hydroxyl groups excluding tert-OH is 2. The fourth-order valence-corrected chi connectivity index (χ4v) is 1.62. The number of aromatic nitrogens is 2. The minimum absolute atomic E-state index is 0.155. The normalized spacial score (nSPS) is 11.9. The average Bonchev–Trinajstić information content (AvgIpc) is 2.40. The molecule has 19 heavy (non-hydrogen) atoms. The Kier molecular flexibility index (Phi) is 5.08. The summed E-state index contributed by atoms with van der Waals surface area (Å²) in [5.74, 6) is 1.79. The molecule has 0 radical (unpaired) electrons. The van der Waals surface area contributed by atoms with Gasteiger partial charge in [-0.1, -0.05) is 20.8 Å². The molecule has 1 aromatic heterocycles. The smallest absolute Gasteiger partial charge is 0.135 e. The maximum absolute atomic E-state index is 9.48. The molecule has 0 fully saturated rings. The van der Waals surface area contributed by atoms with Crippen LogP contribution in [0.25, 0.3) is 0 Å². The second-order valence-corrected chi connectivity index (χ2v) is 5.17. The highest BCUT2D eigenvalue weighted by Gasteiger charge is 2.28. The number of nitrogens with zero attached hydrogens (tertiary/aromatic N) is 2. The van der Waals surface area contributed by atoms with E-state index in [1.165, 1.54) is 0 Å². The lowest BCUT2D eigenvalue weighted by atomic mass is 9.98. The van der Waals surface area contributed by atoms with Gasteiger partial charge in [0, 0.05) is 11.5 Å². The second kappa shape index (κ2) is 6.16. The van der Waals surface area contributed by atoms with Crippen molar-refractivity contribution in [2.75, 3.05) is 24.3 Å². The summed E-state index contributed by atoms with van der Waals surface area (Å²) in [4.78, 5) is 8.68. The van der Waals surface area contributed by atoms with Crippen LogP contribution in [0.4, 0.5) is 11.6 Å².